The second-order valence-electron chi connectivity index (χ2n) is 4.45. The Balaban J connectivity index is 4.16. The van der Waals surface area contributed by atoms with Crippen molar-refractivity contribution in [2.75, 3.05) is 6.61 Å². The van der Waals surface area contributed by atoms with Crippen LogP contribution >= 0.6 is 0 Å². The normalized spacial score (nSPS) is 18.7. The molecule has 0 fully saturated rings. The van der Waals surface area contributed by atoms with Crippen LogP contribution in [0.5, 0.6) is 0 Å². The topological polar surface area (TPSA) is 20.2 Å². The van der Waals surface area contributed by atoms with Crippen LogP contribution in [0.4, 0.5) is 0 Å². The Morgan fingerprint density at radius 1 is 0.647 bits per heavy atom. The van der Waals surface area contributed by atoms with E-state index in [1.165, 1.54) is 0 Å². The highest BCUT2D eigenvalue weighted by atomic mass is 16.2. The van der Waals surface area contributed by atoms with Crippen molar-refractivity contribution in [3.8, 4) is 0 Å². The van der Waals surface area contributed by atoms with E-state index in [2.05, 4.69) is 0 Å². The number of hydrogen-bond donors (Lipinski definition) is 1. The van der Waals surface area contributed by atoms with Gasteiger partial charge in [0.15, 0.2) is 0 Å². The summed E-state index contributed by atoms with van der Waals surface area (Å²) in [4.78, 5) is 0. The number of rotatable bonds is 14. The standard InChI is InChI=1S/C16H34O/c1-2-3-4-5-6-7-8-9-10-11-12-13-14-15-16-17/h17H,2-16H2,1H3/i4D2,8D2,9D2. The van der Waals surface area contributed by atoms with Crippen molar-refractivity contribution < 1.29 is 13.3 Å². The van der Waals surface area contributed by atoms with Crippen LogP contribution in [0, 0.1) is 0 Å². The third-order valence-corrected chi connectivity index (χ3v) is 2.67. The molecular weight excluding hydrogens is 208 g/mol. The summed E-state index contributed by atoms with van der Waals surface area (Å²) in [5.41, 5.74) is 0. The second-order valence-corrected chi connectivity index (χ2v) is 4.45. The molecule has 0 amide bonds. The predicted octanol–water partition coefficient (Wildman–Crippen LogP) is 5.46. The molecule has 0 aromatic heterocycles. The van der Waals surface area contributed by atoms with Gasteiger partial charge in [0, 0.05) is 14.8 Å². The molecule has 0 aliphatic heterocycles. The minimum atomic E-state index is -1.92. The van der Waals surface area contributed by atoms with Gasteiger partial charge >= 0.3 is 0 Å². The van der Waals surface area contributed by atoms with Gasteiger partial charge in [-0.05, 0) is 6.42 Å². The lowest BCUT2D eigenvalue weighted by atomic mass is 10.0. The van der Waals surface area contributed by atoms with Crippen molar-refractivity contribution in [3.63, 3.8) is 0 Å². The largest absolute Gasteiger partial charge is 0.396 e. The average Bonchev–Trinajstić information content (AvgIpc) is 2.41. The third kappa shape index (κ3) is 16.0. The number of hydrogen-bond acceptors (Lipinski definition) is 1. The Labute approximate surface area is 117 Å². The summed E-state index contributed by atoms with van der Waals surface area (Å²) in [5, 5.41) is 8.70. The molecule has 0 aliphatic carbocycles. The van der Waals surface area contributed by atoms with Crippen molar-refractivity contribution in [1.82, 2.24) is 0 Å². The molecular formula is C16H34O. The summed E-state index contributed by atoms with van der Waals surface area (Å²) >= 11 is 0. The molecule has 104 valence electrons. The van der Waals surface area contributed by atoms with Gasteiger partial charge in [0.1, 0.15) is 0 Å². The highest BCUT2D eigenvalue weighted by Gasteiger charge is 1.93. The monoisotopic (exact) mass is 248 g/mol. The molecule has 0 spiro atoms. The molecule has 0 bridgehead atoms. The Bertz CT molecular complexity index is 307. The van der Waals surface area contributed by atoms with E-state index in [9.17, 15) is 0 Å². The summed E-state index contributed by atoms with van der Waals surface area (Å²) in [7, 11) is 0. The van der Waals surface area contributed by atoms with Gasteiger partial charge in [-0.1, -0.05) is 90.3 Å². The summed E-state index contributed by atoms with van der Waals surface area (Å²) in [6.45, 7) is 2.12. The van der Waals surface area contributed by atoms with Gasteiger partial charge in [-0.3, -0.25) is 0 Å². The molecule has 0 atom stereocenters. The van der Waals surface area contributed by atoms with Crippen molar-refractivity contribution in [2.45, 2.75) is 96.7 Å². The molecule has 1 heteroatoms. The van der Waals surface area contributed by atoms with Crippen molar-refractivity contribution in [1.29, 1.82) is 0 Å². The van der Waals surface area contributed by atoms with E-state index < -0.39 is 19.1 Å². The first-order chi connectivity index (χ1) is 10.6. The molecule has 0 heterocycles. The molecule has 0 aromatic carbocycles. The molecule has 0 aromatic rings. The lowest BCUT2D eigenvalue weighted by Crippen LogP contribution is -1.84. The summed E-state index contributed by atoms with van der Waals surface area (Å²) in [6.07, 6.45) is 1.23. The Hall–Kier alpha value is -0.0400. The molecule has 0 saturated carbocycles. The van der Waals surface area contributed by atoms with Crippen LogP contribution in [0.1, 0.15) is 105 Å². The van der Waals surface area contributed by atoms with E-state index in [1.54, 1.807) is 0 Å². The first-order valence-electron chi connectivity index (χ1n) is 10.2. The first kappa shape index (κ1) is 8.96. The summed E-state index contributed by atoms with van der Waals surface area (Å²) in [6, 6.07) is 0. The van der Waals surface area contributed by atoms with E-state index in [0.29, 0.717) is 19.3 Å². The van der Waals surface area contributed by atoms with Crippen LogP contribution < -0.4 is 0 Å². The maximum atomic E-state index is 8.70. The van der Waals surface area contributed by atoms with Gasteiger partial charge < -0.3 is 5.11 Å². The minimum absolute atomic E-state index is 0.0632. The molecule has 0 unspecified atom stereocenters. The lowest BCUT2D eigenvalue weighted by Gasteiger charge is -2.02. The second kappa shape index (κ2) is 16.0. The van der Waals surface area contributed by atoms with Crippen molar-refractivity contribution in [3.05, 3.63) is 0 Å². The lowest BCUT2D eigenvalue weighted by molar-refractivity contribution is 0.282. The quantitative estimate of drug-likeness (QED) is 0.405. The fourth-order valence-electron chi connectivity index (χ4n) is 1.64. The first-order valence-corrected chi connectivity index (χ1v) is 7.19. The SMILES string of the molecule is [2H]C([2H])(CCC)CCCC([2H])([2H])C([2H])([2H])CCCCCCCO. The van der Waals surface area contributed by atoms with Crippen LogP contribution in [-0.4, -0.2) is 11.7 Å². The van der Waals surface area contributed by atoms with E-state index in [1.807, 2.05) is 6.92 Å². The van der Waals surface area contributed by atoms with Crippen LogP contribution in [0.25, 0.3) is 0 Å². The van der Waals surface area contributed by atoms with Gasteiger partial charge in [-0.15, -0.1) is 0 Å². The fourth-order valence-corrected chi connectivity index (χ4v) is 1.64. The molecule has 0 saturated heterocycles. The third-order valence-electron chi connectivity index (χ3n) is 2.67. The number of aliphatic hydroxyl groups excluding tert-OH is 1. The van der Waals surface area contributed by atoms with Gasteiger partial charge in [-0.25, -0.2) is 0 Å². The van der Waals surface area contributed by atoms with Crippen LogP contribution in [0.2, 0.25) is 0 Å². The zero-order valence-electron chi connectivity index (χ0n) is 17.4. The van der Waals surface area contributed by atoms with Crippen LogP contribution in [0.3, 0.4) is 0 Å². The molecule has 0 aliphatic rings. The zero-order chi connectivity index (χ0) is 18.0. The van der Waals surface area contributed by atoms with Crippen molar-refractivity contribution in [2.24, 2.45) is 0 Å². The predicted molar refractivity (Wildman–Crippen MR) is 77.4 cm³/mol. The van der Waals surface area contributed by atoms with Gasteiger partial charge in [-0.2, -0.15) is 0 Å². The van der Waals surface area contributed by atoms with Crippen LogP contribution in [-0.2, 0) is 0 Å². The van der Waals surface area contributed by atoms with E-state index >= 15 is 0 Å². The maximum Gasteiger partial charge on any atom is 0.0431 e. The number of unbranched alkanes of at least 4 members (excludes halogenated alkanes) is 4. The van der Waals surface area contributed by atoms with Crippen LogP contribution in [0.15, 0.2) is 0 Å². The van der Waals surface area contributed by atoms with E-state index in [4.69, 9.17) is 13.3 Å². The van der Waals surface area contributed by atoms with Gasteiger partial charge in [0.05, 0.1) is 0 Å². The Morgan fingerprint density at radius 3 is 1.71 bits per heavy atom. The molecule has 1 nitrogen and oxygen atoms in total. The van der Waals surface area contributed by atoms with E-state index in [0.717, 1.165) is 32.1 Å². The smallest absolute Gasteiger partial charge is 0.0431 e. The Kier molecular flexibility index (Phi) is 8.41. The summed E-state index contributed by atoms with van der Waals surface area (Å²) < 4.78 is 47.7. The highest BCUT2D eigenvalue weighted by Crippen LogP contribution is 2.12. The Morgan fingerprint density at radius 2 is 1.12 bits per heavy atom. The zero-order valence-corrected chi connectivity index (χ0v) is 11.4. The van der Waals surface area contributed by atoms with E-state index in [-0.39, 0.29) is 25.9 Å². The molecule has 0 rings (SSSR count). The fraction of sp³-hybridized carbons (Fsp3) is 1.00. The number of aliphatic hydroxyl groups is 1. The average molecular weight is 248 g/mol. The molecule has 17 heavy (non-hydrogen) atoms. The molecule has 0 radical (unpaired) electrons. The molecule has 1 N–H and O–H groups in total. The summed E-state index contributed by atoms with van der Waals surface area (Å²) in [5.74, 6) is 0. The highest BCUT2D eigenvalue weighted by molar-refractivity contribution is 4.48. The maximum absolute atomic E-state index is 8.70. The minimum Gasteiger partial charge on any atom is -0.396 e. The van der Waals surface area contributed by atoms with Gasteiger partial charge in [0.25, 0.3) is 0 Å². The van der Waals surface area contributed by atoms with Crippen molar-refractivity contribution >= 4 is 0 Å². The van der Waals surface area contributed by atoms with Gasteiger partial charge in [0.2, 0.25) is 0 Å².